The number of carbonyl (C=O) groups excluding carboxylic acids is 1. The van der Waals surface area contributed by atoms with Crippen LogP contribution in [0.1, 0.15) is 30.2 Å². The van der Waals surface area contributed by atoms with E-state index >= 15 is 0 Å². The summed E-state index contributed by atoms with van der Waals surface area (Å²) in [6.45, 7) is 0. The van der Waals surface area contributed by atoms with Crippen molar-refractivity contribution < 1.29 is 36.6 Å². The Bertz CT molecular complexity index is 1460. The molecule has 0 spiro atoms. The van der Waals surface area contributed by atoms with Crippen molar-refractivity contribution in [3.63, 3.8) is 0 Å². The molecular formula is C22H16Cl2F2N2O6S2. The molecule has 4 rings (SSSR count). The number of nitrogens with one attached hydrogen (secondary N) is 1. The molecule has 1 fully saturated rings. The number of carbonyl (C=O) groups is 2. The van der Waals surface area contributed by atoms with Gasteiger partial charge in [-0.1, -0.05) is 40.6 Å². The van der Waals surface area contributed by atoms with Crippen molar-refractivity contribution in [1.29, 1.82) is 0 Å². The van der Waals surface area contributed by atoms with Crippen molar-refractivity contribution in [3.05, 3.63) is 68.6 Å². The number of ether oxygens (including phenoxy) is 1. The summed E-state index contributed by atoms with van der Waals surface area (Å²) in [7, 11) is -3.64. The van der Waals surface area contributed by atoms with Crippen molar-refractivity contribution in [2.24, 2.45) is 0 Å². The van der Waals surface area contributed by atoms with E-state index in [1.54, 1.807) is 0 Å². The van der Waals surface area contributed by atoms with E-state index in [4.69, 9.17) is 33.0 Å². The number of carboxylic acids is 1. The highest BCUT2D eigenvalue weighted by Crippen LogP contribution is 2.38. The van der Waals surface area contributed by atoms with Gasteiger partial charge in [0.05, 0.1) is 27.3 Å². The van der Waals surface area contributed by atoms with Crippen LogP contribution in [0, 0.1) is 11.6 Å². The first-order valence-corrected chi connectivity index (χ1v) is 13.4. The maximum absolute atomic E-state index is 14.3. The molecule has 2 N–H and O–H groups in total. The average molecular weight is 577 g/mol. The van der Waals surface area contributed by atoms with Gasteiger partial charge in [-0.2, -0.15) is 0 Å². The Morgan fingerprint density at radius 2 is 1.92 bits per heavy atom. The van der Waals surface area contributed by atoms with Gasteiger partial charge in [0.25, 0.3) is 5.91 Å². The van der Waals surface area contributed by atoms with E-state index in [2.05, 4.69) is 10.3 Å². The molecule has 0 aliphatic heterocycles. The molecular weight excluding hydrogens is 561 g/mol. The minimum absolute atomic E-state index is 0.0317. The number of thiazole rings is 1. The summed E-state index contributed by atoms with van der Waals surface area (Å²) in [4.78, 5) is 28.0. The van der Waals surface area contributed by atoms with Crippen LogP contribution >= 0.6 is 34.5 Å². The molecule has 2 aromatic carbocycles. The number of aromatic nitrogens is 1. The molecule has 1 aliphatic rings. The van der Waals surface area contributed by atoms with Gasteiger partial charge in [0.15, 0.2) is 26.5 Å². The highest BCUT2D eigenvalue weighted by atomic mass is 35.5. The second-order valence-electron chi connectivity index (χ2n) is 7.81. The lowest BCUT2D eigenvalue weighted by Gasteiger charge is -2.20. The molecule has 1 unspecified atom stereocenters. The molecule has 1 amide bonds. The Morgan fingerprint density at radius 1 is 1.19 bits per heavy atom. The highest BCUT2D eigenvalue weighted by Gasteiger charge is 2.38. The van der Waals surface area contributed by atoms with Gasteiger partial charge < -0.3 is 9.84 Å². The zero-order valence-corrected chi connectivity index (χ0v) is 21.1. The normalized spacial score (nSPS) is 14.3. The van der Waals surface area contributed by atoms with Gasteiger partial charge >= 0.3 is 5.97 Å². The molecule has 0 bridgehead atoms. The lowest BCUT2D eigenvalue weighted by atomic mass is 10.1. The standard InChI is InChI=1S/C22H16Cl2F2N2O6S2/c23-13-7-10(1-6-17(13)36(32,33)12-3-4-12)19(34-16-5-2-11(25)8-14(16)26)21(31)28-22-27-15(9-18(29)30)20(24)35-22/h1-2,5-8,12,19H,3-4,9H2,(H,29,30)(H,27,28,31). The third-order valence-corrected chi connectivity index (χ3v) is 9.10. The third kappa shape index (κ3) is 5.77. The summed E-state index contributed by atoms with van der Waals surface area (Å²) in [5.41, 5.74) is 0.105. The second kappa shape index (κ2) is 10.3. The molecule has 14 heteroatoms. The largest absolute Gasteiger partial charge is 0.481 e. The molecule has 0 saturated heterocycles. The number of hydrogen-bond donors (Lipinski definition) is 2. The maximum Gasteiger partial charge on any atom is 0.309 e. The van der Waals surface area contributed by atoms with Crippen molar-refractivity contribution in [1.82, 2.24) is 4.98 Å². The highest BCUT2D eigenvalue weighted by molar-refractivity contribution is 7.92. The lowest BCUT2D eigenvalue weighted by molar-refractivity contribution is -0.136. The molecule has 1 aliphatic carbocycles. The monoisotopic (exact) mass is 576 g/mol. The minimum atomic E-state index is -3.64. The predicted molar refractivity (Wildman–Crippen MR) is 128 cm³/mol. The predicted octanol–water partition coefficient (Wildman–Crippen LogP) is 5.05. The number of hydrogen-bond acceptors (Lipinski definition) is 7. The number of rotatable bonds is 9. The van der Waals surface area contributed by atoms with Crippen LogP contribution in [0.5, 0.6) is 5.75 Å². The zero-order chi connectivity index (χ0) is 26.2. The SMILES string of the molecule is O=C(O)Cc1nc(NC(=O)C(Oc2ccc(F)cc2F)c2ccc(S(=O)(=O)C3CC3)c(Cl)c2)sc1Cl. The van der Waals surface area contributed by atoms with Crippen LogP contribution in [-0.2, 0) is 25.8 Å². The number of halogens is 4. The van der Waals surface area contributed by atoms with Gasteiger partial charge in [-0.15, -0.1) is 0 Å². The summed E-state index contributed by atoms with van der Waals surface area (Å²) in [5, 5.41) is 10.7. The molecule has 1 saturated carbocycles. The van der Waals surface area contributed by atoms with Crippen LogP contribution < -0.4 is 10.1 Å². The number of benzene rings is 2. The summed E-state index contributed by atoms with van der Waals surface area (Å²) >= 11 is 13.0. The molecule has 36 heavy (non-hydrogen) atoms. The first kappa shape index (κ1) is 26.3. The van der Waals surface area contributed by atoms with E-state index in [0.29, 0.717) is 18.9 Å². The Morgan fingerprint density at radius 3 is 2.53 bits per heavy atom. The fourth-order valence-corrected chi connectivity index (χ4v) is 6.51. The molecule has 0 radical (unpaired) electrons. The first-order chi connectivity index (χ1) is 17.0. The van der Waals surface area contributed by atoms with Crippen LogP contribution in [-0.4, -0.2) is 35.6 Å². The van der Waals surface area contributed by atoms with E-state index in [0.717, 1.165) is 23.5 Å². The number of sulfone groups is 1. The van der Waals surface area contributed by atoms with Gasteiger partial charge in [0, 0.05) is 11.6 Å². The number of nitrogens with zero attached hydrogens (tertiary/aromatic N) is 1. The lowest BCUT2D eigenvalue weighted by Crippen LogP contribution is -2.26. The second-order valence-corrected chi connectivity index (χ2v) is 12.0. The van der Waals surface area contributed by atoms with Crippen LogP contribution in [0.25, 0.3) is 0 Å². The van der Waals surface area contributed by atoms with E-state index in [1.165, 1.54) is 18.2 Å². The number of amides is 1. The Hall–Kier alpha value is -2.80. The van der Waals surface area contributed by atoms with E-state index in [1.807, 2.05) is 0 Å². The third-order valence-electron chi connectivity index (χ3n) is 5.10. The fourth-order valence-electron chi connectivity index (χ4n) is 3.25. The number of anilines is 1. The first-order valence-electron chi connectivity index (χ1n) is 10.3. The fraction of sp³-hybridized carbons (Fsp3) is 0.227. The number of carboxylic acid groups (broad SMARTS) is 1. The van der Waals surface area contributed by atoms with E-state index < -0.39 is 56.9 Å². The molecule has 8 nitrogen and oxygen atoms in total. The summed E-state index contributed by atoms with van der Waals surface area (Å²) in [6.07, 6.45) is -0.999. The average Bonchev–Trinajstić information content (AvgIpc) is 3.59. The van der Waals surface area contributed by atoms with Crippen molar-refractivity contribution in [3.8, 4) is 5.75 Å². The van der Waals surface area contributed by atoms with Gasteiger partial charge in [-0.3, -0.25) is 14.9 Å². The van der Waals surface area contributed by atoms with Gasteiger partial charge in [0.1, 0.15) is 10.2 Å². The Labute approximate surface area is 217 Å². The van der Waals surface area contributed by atoms with Crippen molar-refractivity contribution >= 4 is 61.4 Å². The van der Waals surface area contributed by atoms with Gasteiger partial charge in [-0.05, 0) is 37.1 Å². The quantitative estimate of drug-likeness (QED) is 0.365. The Kier molecular flexibility index (Phi) is 7.51. The van der Waals surface area contributed by atoms with Crippen LogP contribution in [0.2, 0.25) is 9.36 Å². The van der Waals surface area contributed by atoms with Crippen LogP contribution in [0.15, 0.2) is 41.3 Å². The molecule has 1 heterocycles. The molecule has 190 valence electrons. The Balaban J connectivity index is 1.67. The van der Waals surface area contributed by atoms with E-state index in [9.17, 15) is 26.8 Å². The smallest absolute Gasteiger partial charge is 0.309 e. The van der Waals surface area contributed by atoms with Crippen LogP contribution in [0.4, 0.5) is 13.9 Å². The molecule has 1 atom stereocenters. The minimum Gasteiger partial charge on any atom is -0.481 e. The summed E-state index contributed by atoms with van der Waals surface area (Å²) < 4.78 is 58.5. The van der Waals surface area contributed by atoms with Crippen molar-refractivity contribution in [2.75, 3.05) is 5.32 Å². The maximum atomic E-state index is 14.3. The molecule has 1 aromatic heterocycles. The summed E-state index contributed by atoms with van der Waals surface area (Å²) in [5.74, 6) is -4.44. The number of aliphatic carboxylic acids is 1. The zero-order valence-electron chi connectivity index (χ0n) is 18.0. The summed E-state index contributed by atoms with van der Waals surface area (Å²) in [6, 6.07) is 6.25. The molecule has 3 aromatic rings. The van der Waals surface area contributed by atoms with E-state index in [-0.39, 0.29) is 30.6 Å². The van der Waals surface area contributed by atoms with Crippen molar-refractivity contribution in [2.45, 2.75) is 35.5 Å². The van der Waals surface area contributed by atoms with Gasteiger partial charge in [-0.25, -0.2) is 22.2 Å². The van der Waals surface area contributed by atoms with Crippen LogP contribution in [0.3, 0.4) is 0 Å². The topological polar surface area (TPSA) is 123 Å². The van der Waals surface area contributed by atoms with Gasteiger partial charge in [0.2, 0.25) is 6.10 Å².